The third kappa shape index (κ3) is 3.08. The molecule has 5 heteroatoms. The van der Waals surface area contributed by atoms with Gasteiger partial charge in [0.2, 0.25) is 0 Å². The second kappa shape index (κ2) is 6.42. The summed E-state index contributed by atoms with van der Waals surface area (Å²) < 4.78 is 1.90. The number of fused-ring (bicyclic) bond motifs is 1. The van der Waals surface area contributed by atoms with Gasteiger partial charge >= 0.3 is 0 Å². The van der Waals surface area contributed by atoms with Crippen molar-refractivity contribution < 1.29 is 4.79 Å². The highest BCUT2D eigenvalue weighted by Gasteiger charge is 2.18. The van der Waals surface area contributed by atoms with Gasteiger partial charge in [-0.1, -0.05) is 17.7 Å². The quantitative estimate of drug-likeness (QED) is 0.735. The average Bonchev–Trinajstić information content (AvgIpc) is 2.91. The molecule has 0 N–H and O–H groups in total. The monoisotopic (exact) mass is 327 g/mol. The first kappa shape index (κ1) is 15.6. The van der Waals surface area contributed by atoms with E-state index in [4.69, 9.17) is 11.6 Å². The van der Waals surface area contributed by atoms with Crippen molar-refractivity contribution in [2.24, 2.45) is 7.05 Å². The smallest absolute Gasteiger partial charge is 0.270 e. The Morgan fingerprint density at radius 2 is 2.00 bits per heavy atom. The van der Waals surface area contributed by atoms with Gasteiger partial charge in [-0.25, -0.2) is 0 Å². The van der Waals surface area contributed by atoms with Gasteiger partial charge in [0.05, 0.1) is 0 Å². The van der Waals surface area contributed by atoms with Crippen molar-refractivity contribution in [2.45, 2.75) is 6.42 Å². The van der Waals surface area contributed by atoms with E-state index < -0.39 is 0 Å². The van der Waals surface area contributed by atoms with E-state index in [2.05, 4.69) is 4.98 Å². The maximum absolute atomic E-state index is 12.7. The standard InChI is InChI=1S/C18H18ClN3O/c1-21(11-8-13-6-9-20-10-7-13)18(23)17-12-14-15(19)4-3-5-16(14)22(17)2/h3-7,9-10,12H,8,11H2,1-2H3. The number of carbonyl (C=O) groups excluding carboxylic acids is 1. The van der Waals surface area contributed by atoms with Crippen LogP contribution < -0.4 is 0 Å². The van der Waals surface area contributed by atoms with Crippen LogP contribution in [-0.4, -0.2) is 34.0 Å². The van der Waals surface area contributed by atoms with Crippen LogP contribution in [-0.2, 0) is 13.5 Å². The summed E-state index contributed by atoms with van der Waals surface area (Å²) in [7, 11) is 3.71. The summed E-state index contributed by atoms with van der Waals surface area (Å²) in [6.07, 6.45) is 4.33. The minimum absolute atomic E-state index is 0.00572. The fourth-order valence-electron chi connectivity index (χ4n) is 2.67. The zero-order valence-corrected chi connectivity index (χ0v) is 13.9. The molecule has 0 bridgehead atoms. The van der Waals surface area contributed by atoms with Crippen LogP contribution in [0.5, 0.6) is 0 Å². The maximum atomic E-state index is 12.7. The first-order valence-electron chi connectivity index (χ1n) is 7.46. The zero-order valence-electron chi connectivity index (χ0n) is 13.2. The highest BCUT2D eigenvalue weighted by Crippen LogP contribution is 2.26. The van der Waals surface area contributed by atoms with Gasteiger partial charge in [-0.05, 0) is 42.3 Å². The number of benzene rings is 1. The number of halogens is 1. The fraction of sp³-hybridized carbons (Fsp3) is 0.222. The van der Waals surface area contributed by atoms with Crippen LogP contribution in [0.25, 0.3) is 10.9 Å². The summed E-state index contributed by atoms with van der Waals surface area (Å²) in [5, 5.41) is 1.57. The summed E-state index contributed by atoms with van der Waals surface area (Å²) in [5.41, 5.74) is 2.77. The topological polar surface area (TPSA) is 38.1 Å². The molecule has 23 heavy (non-hydrogen) atoms. The van der Waals surface area contributed by atoms with Gasteiger partial charge < -0.3 is 9.47 Å². The van der Waals surface area contributed by atoms with Crippen LogP contribution in [0.1, 0.15) is 16.1 Å². The second-order valence-corrected chi connectivity index (χ2v) is 6.00. The van der Waals surface area contributed by atoms with E-state index in [9.17, 15) is 4.79 Å². The lowest BCUT2D eigenvalue weighted by Crippen LogP contribution is -2.30. The van der Waals surface area contributed by atoms with Crippen molar-refractivity contribution in [3.05, 3.63) is 65.1 Å². The number of aromatic nitrogens is 2. The van der Waals surface area contributed by atoms with E-state index in [0.717, 1.165) is 17.3 Å². The van der Waals surface area contributed by atoms with Crippen LogP contribution in [0.15, 0.2) is 48.8 Å². The van der Waals surface area contributed by atoms with Crippen LogP contribution in [0.2, 0.25) is 5.02 Å². The molecule has 0 saturated carbocycles. The molecule has 0 saturated heterocycles. The van der Waals surface area contributed by atoms with E-state index in [1.54, 1.807) is 17.3 Å². The SMILES string of the molecule is CN(CCc1ccncc1)C(=O)c1cc2c(Cl)cccc2n1C. The Kier molecular flexibility index (Phi) is 4.35. The van der Waals surface area contributed by atoms with E-state index in [0.29, 0.717) is 17.3 Å². The molecule has 1 amide bonds. The van der Waals surface area contributed by atoms with E-state index in [-0.39, 0.29) is 5.91 Å². The number of nitrogens with zero attached hydrogens (tertiary/aromatic N) is 3. The first-order valence-corrected chi connectivity index (χ1v) is 7.84. The van der Waals surface area contributed by atoms with Crippen molar-refractivity contribution in [1.29, 1.82) is 0 Å². The molecule has 0 atom stereocenters. The number of aryl methyl sites for hydroxylation is 1. The number of carbonyl (C=O) groups is 1. The number of hydrogen-bond acceptors (Lipinski definition) is 2. The van der Waals surface area contributed by atoms with Crippen molar-refractivity contribution >= 4 is 28.4 Å². The molecular weight excluding hydrogens is 310 g/mol. The van der Waals surface area contributed by atoms with E-state index in [1.807, 2.05) is 55.1 Å². The summed E-state index contributed by atoms with van der Waals surface area (Å²) in [4.78, 5) is 18.5. The van der Waals surface area contributed by atoms with Crippen molar-refractivity contribution in [1.82, 2.24) is 14.5 Å². The lowest BCUT2D eigenvalue weighted by atomic mass is 10.2. The molecule has 2 heterocycles. The molecule has 0 spiro atoms. The predicted molar refractivity (Wildman–Crippen MR) is 92.8 cm³/mol. The lowest BCUT2D eigenvalue weighted by Gasteiger charge is -2.17. The zero-order chi connectivity index (χ0) is 16.4. The molecule has 0 aliphatic heterocycles. The number of amides is 1. The Morgan fingerprint density at radius 3 is 2.70 bits per heavy atom. The van der Waals surface area contributed by atoms with Gasteiger partial charge in [-0.3, -0.25) is 9.78 Å². The number of likely N-dealkylation sites (N-methyl/N-ethyl adjacent to an activating group) is 1. The molecule has 118 valence electrons. The molecule has 0 aliphatic carbocycles. The molecule has 0 fully saturated rings. The molecule has 3 aromatic rings. The van der Waals surface area contributed by atoms with Gasteiger partial charge in [0.1, 0.15) is 5.69 Å². The van der Waals surface area contributed by atoms with Crippen molar-refractivity contribution in [3.8, 4) is 0 Å². The Bertz CT molecular complexity index is 842. The van der Waals surface area contributed by atoms with Gasteiger partial charge in [0, 0.05) is 49.0 Å². The maximum Gasteiger partial charge on any atom is 0.270 e. The van der Waals surface area contributed by atoms with Crippen LogP contribution in [0.4, 0.5) is 0 Å². The Hall–Kier alpha value is -2.33. The molecule has 1 aromatic carbocycles. The molecule has 0 aliphatic rings. The summed E-state index contributed by atoms with van der Waals surface area (Å²) >= 11 is 6.22. The van der Waals surface area contributed by atoms with Gasteiger partial charge in [-0.15, -0.1) is 0 Å². The molecular formula is C18H18ClN3O. The fourth-order valence-corrected chi connectivity index (χ4v) is 2.90. The highest BCUT2D eigenvalue weighted by molar-refractivity contribution is 6.35. The summed E-state index contributed by atoms with van der Waals surface area (Å²) in [6, 6.07) is 11.5. The number of hydrogen-bond donors (Lipinski definition) is 0. The Balaban J connectivity index is 1.80. The largest absolute Gasteiger partial charge is 0.340 e. The first-order chi connectivity index (χ1) is 11.1. The highest BCUT2D eigenvalue weighted by atomic mass is 35.5. The Morgan fingerprint density at radius 1 is 1.26 bits per heavy atom. The molecule has 0 unspecified atom stereocenters. The van der Waals surface area contributed by atoms with E-state index >= 15 is 0 Å². The third-order valence-electron chi connectivity index (χ3n) is 4.08. The summed E-state index contributed by atoms with van der Waals surface area (Å²) in [5.74, 6) is -0.00572. The third-order valence-corrected chi connectivity index (χ3v) is 4.41. The van der Waals surface area contributed by atoms with E-state index in [1.165, 1.54) is 5.56 Å². The molecule has 4 nitrogen and oxygen atoms in total. The van der Waals surface area contributed by atoms with Gasteiger partial charge in [-0.2, -0.15) is 0 Å². The van der Waals surface area contributed by atoms with Crippen molar-refractivity contribution in [3.63, 3.8) is 0 Å². The number of pyridine rings is 1. The second-order valence-electron chi connectivity index (χ2n) is 5.59. The van der Waals surface area contributed by atoms with Crippen molar-refractivity contribution in [2.75, 3.05) is 13.6 Å². The molecule has 3 rings (SSSR count). The Labute approximate surface area is 140 Å². The van der Waals surface area contributed by atoms with Gasteiger partial charge in [0.25, 0.3) is 5.91 Å². The van der Waals surface area contributed by atoms with Crippen LogP contribution >= 0.6 is 11.6 Å². The minimum atomic E-state index is -0.00572. The number of rotatable bonds is 4. The average molecular weight is 328 g/mol. The lowest BCUT2D eigenvalue weighted by molar-refractivity contribution is 0.0787. The minimum Gasteiger partial charge on any atom is -0.340 e. The van der Waals surface area contributed by atoms with Crippen LogP contribution in [0, 0.1) is 0 Å². The van der Waals surface area contributed by atoms with Crippen LogP contribution in [0.3, 0.4) is 0 Å². The molecule has 0 radical (unpaired) electrons. The normalized spacial score (nSPS) is 10.9. The predicted octanol–water partition coefficient (Wildman–Crippen LogP) is 3.54. The summed E-state index contributed by atoms with van der Waals surface area (Å²) in [6.45, 7) is 0.651. The van der Waals surface area contributed by atoms with Gasteiger partial charge in [0.15, 0.2) is 0 Å². The molecule has 2 aromatic heterocycles.